The van der Waals surface area contributed by atoms with Crippen LogP contribution in [0.4, 0.5) is 4.39 Å². The zero-order chi connectivity index (χ0) is 21.3. The molecule has 0 spiro atoms. The van der Waals surface area contributed by atoms with Crippen LogP contribution in [0.15, 0.2) is 36.4 Å². The zero-order valence-electron chi connectivity index (χ0n) is 17.5. The molecule has 3 aromatic rings. The van der Waals surface area contributed by atoms with E-state index in [0.29, 0.717) is 36.5 Å². The first kappa shape index (κ1) is 20.2. The molecule has 0 saturated carbocycles. The lowest BCUT2D eigenvalue weighted by atomic mass is 10.0. The van der Waals surface area contributed by atoms with Crippen LogP contribution < -0.4 is 9.47 Å². The number of hydrogen-bond acceptors (Lipinski definition) is 4. The van der Waals surface area contributed by atoms with Crippen LogP contribution in [0.3, 0.4) is 0 Å². The lowest BCUT2D eigenvalue weighted by Crippen LogP contribution is -2.38. The summed E-state index contributed by atoms with van der Waals surface area (Å²) in [6.45, 7) is 3.31. The minimum atomic E-state index is -0.311. The molecular weight excluding hydrogens is 385 g/mol. The van der Waals surface area contributed by atoms with Gasteiger partial charge in [0.1, 0.15) is 11.6 Å². The molecule has 1 fully saturated rings. The number of rotatable bonds is 5. The molecule has 1 aliphatic heterocycles. The summed E-state index contributed by atoms with van der Waals surface area (Å²) in [6.07, 6.45) is 2.18. The van der Waals surface area contributed by atoms with E-state index < -0.39 is 0 Å². The van der Waals surface area contributed by atoms with Crippen molar-refractivity contribution in [1.29, 1.82) is 0 Å². The largest absolute Gasteiger partial charge is 0.493 e. The number of carbonyl (C=O) groups is 1. The number of imidazole rings is 1. The van der Waals surface area contributed by atoms with E-state index >= 15 is 0 Å². The van der Waals surface area contributed by atoms with E-state index in [2.05, 4.69) is 4.57 Å². The smallest absolute Gasteiger partial charge is 0.222 e. The number of carbonyl (C=O) groups excluding carboxylic acids is 1. The van der Waals surface area contributed by atoms with Crippen molar-refractivity contribution < 1.29 is 18.7 Å². The standard InChI is InChI=1S/C23H26FN3O3/c1-4-22(28)26-11-9-17(10-12-26)27-19-7-6-16(24)14-18(19)25-23(27)15-5-8-20(29-2)21(13-15)30-3/h5-8,13-14,17H,4,9-12H2,1-3H3. The molecule has 0 N–H and O–H groups in total. The molecule has 1 aromatic heterocycles. The predicted octanol–water partition coefficient (Wildman–Crippen LogP) is 4.43. The minimum Gasteiger partial charge on any atom is -0.493 e. The number of hydrogen-bond donors (Lipinski definition) is 0. The highest BCUT2D eigenvalue weighted by molar-refractivity contribution is 5.81. The third-order valence-electron chi connectivity index (χ3n) is 5.78. The Morgan fingerprint density at radius 3 is 2.50 bits per heavy atom. The van der Waals surface area contributed by atoms with Crippen molar-refractivity contribution in [3.05, 3.63) is 42.2 Å². The third-order valence-corrected chi connectivity index (χ3v) is 5.78. The van der Waals surface area contributed by atoms with E-state index in [-0.39, 0.29) is 17.8 Å². The number of nitrogens with zero attached hydrogens (tertiary/aromatic N) is 3. The number of methoxy groups -OCH3 is 2. The Kier molecular flexibility index (Phi) is 5.61. The van der Waals surface area contributed by atoms with Crippen molar-refractivity contribution in [2.24, 2.45) is 0 Å². The number of aromatic nitrogens is 2. The molecule has 0 radical (unpaired) electrons. The fourth-order valence-corrected chi connectivity index (χ4v) is 4.22. The van der Waals surface area contributed by atoms with Gasteiger partial charge in [0.2, 0.25) is 5.91 Å². The average molecular weight is 411 g/mol. The van der Waals surface area contributed by atoms with Gasteiger partial charge in [-0.2, -0.15) is 0 Å². The number of halogens is 1. The Balaban J connectivity index is 1.78. The zero-order valence-corrected chi connectivity index (χ0v) is 17.5. The van der Waals surface area contributed by atoms with Gasteiger partial charge in [0, 0.05) is 37.2 Å². The summed E-state index contributed by atoms with van der Waals surface area (Å²) in [5.41, 5.74) is 2.38. The monoisotopic (exact) mass is 411 g/mol. The minimum absolute atomic E-state index is 0.171. The van der Waals surface area contributed by atoms with Gasteiger partial charge in [-0.25, -0.2) is 9.37 Å². The lowest BCUT2D eigenvalue weighted by molar-refractivity contribution is -0.132. The van der Waals surface area contributed by atoms with Gasteiger partial charge < -0.3 is 18.9 Å². The van der Waals surface area contributed by atoms with Gasteiger partial charge in [-0.1, -0.05) is 6.92 Å². The maximum absolute atomic E-state index is 13.9. The Bertz CT molecular complexity index is 1070. The second-order valence-electron chi connectivity index (χ2n) is 7.47. The summed E-state index contributed by atoms with van der Waals surface area (Å²) in [5, 5.41) is 0. The van der Waals surface area contributed by atoms with Crippen LogP contribution >= 0.6 is 0 Å². The molecule has 0 atom stereocenters. The van der Waals surface area contributed by atoms with E-state index in [4.69, 9.17) is 14.5 Å². The Hall–Kier alpha value is -3.09. The van der Waals surface area contributed by atoms with Crippen LogP contribution in [0, 0.1) is 5.82 Å². The lowest BCUT2D eigenvalue weighted by Gasteiger charge is -2.33. The number of likely N-dealkylation sites (tertiary alicyclic amines) is 1. The van der Waals surface area contributed by atoms with Crippen molar-refractivity contribution in [3.8, 4) is 22.9 Å². The summed E-state index contributed by atoms with van der Waals surface area (Å²) >= 11 is 0. The molecule has 4 rings (SSSR count). The van der Waals surface area contributed by atoms with Crippen molar-refractivity contribution in [2.75, 3.05) is 27.3 Å². The molecule has 0 aliphatic carbocycles. The van der Waals surface area contributed by atoms with Gasteiger partial charge in [-0.3, -0.25) is 4.79 Å². The second-order valence-corrected chi connectivity index (χ2v) is 7.47. The maximum atomic E-state index is 13.9. The number of ether oxygens (including phenoxy) is 2. The Morgan fingerprint density at radius 1 is 1.10 bits per heavy atom. The van der Waals surface area contributed by atoms with Crippen LogP contribution in [0.1, 0.15) is 32.2 Å². The molecule has 158 valence electrons. The van der Waals surface area contributed by atoms with Gasteiger partial charge in [0.05, 0.1) is 25.3 Å². The molecule has 7 heteroatoms. The number of fused-ring (bicyclic) bond motifs is 1. The van der Waals surface area contributed by atoms with E-state index in [1.165, 1.54) is 12.1 Å². The molecule has 1 amide bonds. The highest BCUT2D eigenvalue weighted by Gasteiger charge is 2.27. The third kappa shape index (κ3) is 3.60. The van der Waals surface area contributed by atoms with Crippen LogP contribution in [-0.2, 0) is 4.79 Å². The topological polar surface area (TPSA) is 56.6 Å². The van der Waals surface area contributed by atoms with Crippen LogP contribution in [0.2, 0.25) is 0 Å². The van der Waals surface area contributed by atoms with Gasteiger partial charge >= 0.3 is 0 Å². The van der Waals surface area contributed by atoms with Gasteiger partial charge in [0.25, 0.3) is 0 Å². The molecule has 0 unspecified atom stereocenters. The van der Waals surface area contributed by atoms with E-state index in [9.17, 15) is 9.18 Å². The second kappa shape index (κ2) is 8.34. The fraction of sp³-hybridized carbons (Fsp3) is 0.391. The predicted molar refractivity (Wildman–Crippen MR) is 113 cm³/mol. The summed E-state index contributed by atoms with van der Waals surface area (Å²) < 4.78 is 26.9. The van der Waals surface area contributed by atoms with E-state index in [0.717, 1.165) is 29.7 Å². The van der Waals surface area contributed by atoms with Crippen LogP contribution in [-0.4, -0.2) is 47.7 Å². The van der Waals surface area contributed by atoms with Crippen LogP contribution in [0.25, 0.3) is 22.4 Å². The number of amides is 1. The van der Waals surface area contributed by atoms with E-state index in [1.807, 2.05) is 30.0 Å². The summed E-state index contributed by atoms with van der Waals surface area (Å²) in [4.78, 5) is 18.8. The fourth-order valence-electron chi connectivity index (χ4n) is 4.22. The molecule has 0 bridgehead atoms. The van der Waals surface area contributed by atoms with Gasteiger partial charge in [-0.15, -0.1) is 0 Å². The van der Waals surface area contributed by atoms with Gasteiger partial charge in [-0.05, 0) is 43.2 Å². The summed E-state index contributed by atoms with van der Waals surface area (Å²) in [6, 6.07) is 10.6. The van der Waals surface area contributed by atoms with Crippen molar-refractivity contribution in [2.45, 2.75) is 32.2 Å². The molecular formula is C23H26FN3O3. The number of benzene rings is 2. The Morgan fingerprint density at radius 2 is 1.83 bits per heavy atom. The maximum Gasteiger partial charge on any atom is 0.222 e. The Labute approximate surface area is 175 Å². The quantitative estimate of drug-likeness (QED) is 0.623. The summed E-state index contributed by atoms with van der Waals surface area (Å²) in [5.74, 6) is 1.89. The molecule has 2 heterocycles. The van der Waals surface area contributed by atoms with Crippen molar-refractivity contribution >= 4 is 16.9 Å². The van der Waals surface area contributed by atoms with Crippen LogP contribution in [0.5, 0.6) is 11.5 Å². The number of piperidine rings is 1. The molecule has 1 saturated heterocycles. The average Bonchev–Trinajstić information content (AvgIpc) is 3.16. The molecule has 1 aliphatic rings. The normalized spacial score (nSPS) is 14.9. The highest BCUT2D eigenvalue weighted by atomic mass is 19.1. The first-order valence-electron chi connectivity index (χ1n) is 10.2. The van der Waals surface area contributed by atoms with Gasteiger partial charge in [0.15, 0.2) is 11.5 Å². The molecule has 6 nitrogen and oxygen atoms in total. The highest BCUT2D eigenvalue weighted by Crippen LogP contribution is 2.37. The van der Waals surface area contributed by atoms with Crippen molar-refractivity contribution in [3.63, 3.8) is 0 Å². The molecule has 2 aromatic carbocycles. The summed E-state index contributed by atoms with van der Waals surface area (Å²) in [7, 11) is 3.20. The van der Waals surface area contributed by atoms with Crippen molar-refractivity contribution in [1.82, 2.24) is 14.5 Å². The SMILES string of the molecule is CCC(=O)N1CCC(n2c(-c3ccc(OC)c(OC)c3)nc3cc(F)ccc32)CC1. The first-order valence-corrected chi connectivity index (χ1v) is 10.2. The van der Waals surface area contributed by atoms with E-state index in [1.54, 1.807) is 20.3 Å². The molecule has 30 heavy (non-hydrogen) atoms. The first-order chi connectivity index (χ1) is 14.5.